The van der Waals surface area contributed by atoms with Crippen molar-refractivity contribution in [3.63, 3.8) is 0 Å². The van der Waals surface area contributed by atoms with Crippen LogP contribution < -0.4 is 0 Å². The molecule has 0 atom stereocenters. The summed E-state index contributed by atoms with van der Waals surface area (Å²) in [4.78, 5) is 14.0. The van der Waals surface area contributed by atoms with Crippen molar-refractivity contribution in [2.75, 3.05) is 20.1 Å². The van der Waals surface area contributed by atoms with Crippen molar-refractivity contribution in [3.05, 3.63) is 77.4 Å². The van der Waals surface area contributed by atoms with E-state index in [4.69, 9.17) is 4.74 Å². The summed E-state index contributed by atoms with van der Waals surface area (Å²) in [6.07, 6.45) is 2.06. The molecule has 0 fully saturated rings. The Labute approximate surface area is 181 Å². The third-order valence-electron chi connectivity index (χ3n) is 4.43. The molecule has 0 saturated heterocycles. The molecule has 0 saturated carbocycles. The summed E-state index contributed by atoms with van der Waals surface area (Å²) in [5.41, 5.74) is 3.83. The Bertz CT molecular complexity index is 907. The molecule has 2 aromatic rings. The van der Waals surface area contributed by atoms with Gasteiger partial charge in [0.1, 0.15) is 5.60 Å². The highest BCUT2D eigenvalue weighted by Gasteiger charge is 2.17. The third-order valence-corrected chi connectivity index (χ3v) is 4.43. The molecule has 0 bridgehead atoms. The van der Waals surface area contributed by atoms with E-state index in [1.54, 1.807) is 0 Å². The van der Waals surface area contributed by atoms with Gasteiger partial charge in [0.05, 0.1) is 6.54 Å². The zero-order valence-electron chi connectivity index (χ0n) is 19.0. The Morgan fingerprint density at radius 1 is 1.07 bits per heavy atom. The Balaban J connectivity index is 2.15. The molecule has 0 N–H and O–H groups in total. The van der Waals surface area contributed by atoms with Crippen molar-refractivity contribution in [2.45, 2.75) is 46.1 Å². The molecule has 0 radical (unpaired) electrons. The smallest absolute Gasteiger partial charge is 0.320 e. The summed E-state index contributed by atoms with van der Waals surface area (Å²) in [7, 11) is 1.90. The van der Waals surface area contributed by atoms with Crippen LogP contribution in [0.4, 0.5) is 0 Å². The van der Waals surface area contributed by atoms with Gasteiger partial charge in [-0.15, -0.1) is 0 Å². The molecule has 0 amide bonds. The van der Waals surface area contributed by atoms with Crippen LogP contribution in [0.1, 0.15) is 57.2 Å². The van der Waals surface area contributed by atoms with E-state index in [0.29, 0.717) is 12.5 Å². The average molecular weight is 404 g/mol. The van der Waals surface area contributed by atoms with Crippen molar-refractivity contribution >= 4 is 11.5 Å². The number of esters is 1. The molecular formula is C27H33NO2. The highest BCUT2D eigenvalue weighted by atomic mass is 16.6. The maximum absolute atomic E-state index is 12.1. The van der Waals surface area contributed by atoms with Crippen molar-refractivity contribution in [1.82, 2.24) is 4.90 Å². The molecule has 2 rings (SSSR count). The molecule has 0 aliphatic heterocycles. The van der Waals surface area contributed by atoms with Gasteiger partial charge >= 0.3 is 5.97 Å². The van der Waals surface area contributed by atoms with Crippen LogP contribution in [0.3, 0.4) is 0 Å². The second-order valence-corrected chi connectivity index (χ2v) is 8.79. The Hall–Kier alpha value is -2.83. The number of carbonyl (C=O) groups excluding carboxylic acids is 1. The van der Waals surface area contributed by atoms with Gasteiger partial charge in [0.25, 0.3) is 0 Å². The first kappa shape index (κ1) is 23.4. The fourth-order valence-corrected chi connectivity index (χ4v) is 2.86. The van der Waals surface area contributed by atoms with Gasteiger partial charge in [0.15, 0.2) is 0 Å². The SMILES string of the molecule is CC(C)c1ccc(C#CC(=CCN(C)CC(=O)OC(C)(C)C)c2ccccc2)cc1. The molecule has 0 heterocycles. The van der Waals surface area contributed by atoms with Crippen LogP contribution in [0, 0.1) is 11.8 Å². The van der Waals surface area contributed by atoms with Gasteiger partial charge in [-0.05, 0) is 57.0 Å². The normalized spacial score (nSPS) is 11.9. The second-order valence-electron chi connectivity index (χ2n) is 8.79. The van der Waals surface area contributed by atoms with Gasteiger partial charge in [-0.3, -0.25) is 9.69 Å². The Morgan fingerprint density at radius 3 is 2.27 bits per heavy atom. The first-order valence-electron chi connectivity index (χ1n) is 10.4. The highest BCUT2D eigenvalue weighted by Crippen LogP contribution is 2.16. The predicted octanol–water partition coefficient (Wildman–Crippen LogP) is 5.52. The van der Waals surface area contributed by atoms with Crippen LogP contribution in [0.15, 0.2) is 60.7 Å². The van der Waals surface area contributed by atoms with E-state index in [0.717, 1.165) is 16.7 Å². The fourth-order valence-electron chi connectivity index (χ4n) is 2.86. The largest absolute Gasteiger partial charge is 0.459 e. The van der Waals surface area contributed by atoms with Crippen LogP contribution in [0.25, 0.3) is 5.57 Å². The van der Waals surface area contributed by atoms with Gasteiger partial charge in [-0.1, -0.05) is 74.2 Å². The van der Waals surface area contributed by atoms with Gasteiger partial charge in [-0.25, -0.2) is 0 Å². The summed E-state index contributed by atoms with van der Waals surface area (Å²) >= 11 is 0. The first-order valence-corrected chi connectivity index (χ1v) is 10.4. The number of ether oxygens (including phenoxy) is 1. The third kappa shape index (κ3) is 8.27. The quantitative estimate of drug-likeness (QED) is 0.470. The summed E-state index contributed by atoms with van der Waals surface area (Å²) in [5, 5.41) is 0. The van der Waals surface area contributed by atoms with E-state index in [9.17, 15) is 4.79 Å². The maximum Gasteiger partial charge on any atom is 0.320 e. The predicted molar refractivity (Wildman–Crippen MR) is 125 cm³/mol. The monoisotopic (exact) mass is 403 g/mol. The Kier molecular flexibility index (Phi) is 8.45. The molecule has 0 aliphatic carbocycles. The van der Waals surface area contributed by atoms with Crippen molar-refractivity contribution in [1.29, 1.82) is 0 Å². The zero-order valence-corrected chi connectivity index (χ0v) is 19.0. The summed E-state index contributed by atoms with van der Waals surface area (Å²) in [6, 6.07) is 18.5. The topological polar surface area (TPSA) is 29.5 Å². The molecule has 3 nitrogen and oxygen atoms in total. The van der Waals surface area contributed by atoms with Gasteiger partial charge < -0.3 is 4.74 Å². The lowest BCUT2D eigenvalue weighted by Crippen LogP contribution is -2.32. The number of carbonyl (C=O) groups is 1. The van der Waals surface area contributed by atoms with Gasteiger partial charge in [0, 0.05) is 17.7 Å². The van der Waals surface area contributed by atoms with Crippen LogP contribution in [-0.2, 0) is 9.53 Å². The van der Waals surface area contributed by atoms with E-state index in [2.05, 4.69) is 68.2 Å². The molecule has 0 aromatic heterocycles. The second kappa shape index (κ2) is 10.8. The van der Waals surface area contributed by atoms with E-state index < -0.39 is 5.60 Å². The summed E-state index contributed by atoms with van der Waals surface area (Å²) in [6.45, 7) is 10.8. The van der Waals surface area contributed by atoms with Crippen LogP contribution in [-0.4, -0.2) is 36.6 Å². The number of allylic oxidation sites excluding steroid dienone is 1. The zero-order chi connectivity index (χ0) is 22.1. The minimum atomic E-state index is -0.473. The van der Waals surface area contributed by atoms with E-state index in [1.165, 1.54) is 5.56 Å². The minimum Gasteiger partial charge on any atom is -0.459 e. The molecule has 158 valence electrons. The molecule has 0 spiro atoms. The molecule has 3 heteroatoms. The number of hydrogen-bond donors (Lipinski definition) is 0. The number of nitrogens with zero attached hydrogens (tertiary/aromatic N) is 1. The first-order chi connectivity index (χ1) is 14.1. The lowest BCUT2D eigenvalue weighted by Gasteiger charge is -2.22. The average Bonchev–Trinajstić information content (AvgIpc) is 2.67. The molecule has 2 aromatic carbocycles. The lowest BCUT2D eigenvalue weighted by molar-refractivity contribution is -0.155. The van der Waals surface area contributed by atoms with Crippen LogP contribution in [0.2, 0.25) is 0 Å². The molecule has 0 aliphatic rings. The van der Waals surface area contributed by atoms with Gasteiger partial charge in [-0.2, -0.15) is 0 Å². The van der Waals surface area contributed by atoms with E-state index in [1.807, 2.05) is 50.9 Å². The van der Waals surface area contributed by atoms with E-state index >= 15 is 0 Å². The van der Waals surface area contributed by atoms with Crippen LogP contribution >= 0.6 is 0 Å². The van der Waals surface area contributed by atoms with Crippen molar-refractivity contribution in [3.8, 4) is 11.8 Å². The Morgan fingerprint density at radius 2 is 1.70 bits per heavy atom. The molecule has 0 unspecified atom stereocenters. The number of hydrogen-bond acceptors (Lipinski definition) is 3. The van der Waals surface area contributed by atoms with Gasteiger partial charge in [0.2, 0.25) is 0 Å². The summed E-state index contributed by atoms with van der Waals surface area (Å²) in [5.74, 6) is 6.87. The highest BCUT2D eigenvalue weighted by molar-refractivity contribution is 5.79. The molecule has 30 heavy (non-hydrogen) atoms. The molecular weight excluding hydrogens is 370 g/mol. The minimum absolute atomic E-state index is 0.226. The fraction of sp³-hybridized carbons (Fsp3) is 0.370. The number of benzene rings is 2. The van der Waals surface area contributed by atoms with E-state index in [-0.39, 0.29) is 12.5 Å². The van der Waals surface area contributed by atoms with Crippen molar-refractivity contribution in [2.24, 2.45) is 0 Å². The van der Waals surface area contributed by atoms with Crippen molar-refractivity contribution < 1.29 is 9.53 Å². The standard InChI is InChI=1S/C27H33NO2/c1-21(2)23-15-12-22(13-16-23)14-17-25(24-10-8-7-9-11-24)18-19-28(6)20-26(29)30-27(3,4)5/h7-13,15-16,18,21H,19-20H2,1-6H3. The number of likely N-dealkylation sites (N-methyl/N-ethyl adjacent to an activating group) is 1. The maximum atomic E-state index is 12.1. The number of rotatable bonds is 6. The van der Waals surface area contributed by atoms with Crippen LogP contribution in [0.5, 0.6) is 0 Å². The summed E-state index contributed by atoms with van der Waals surface area (Å²) < 4.78 is 5.40. The lowest BCUT2D eigenvalue weighted by atomic mass is 10.0.